The minimum atomic E-state index is -0.177. The number of hydrogen-bond donors (Lipinski definition) is 2. The van der Waals surface area contributed by atoms with E-state index >= 15 is 0 Å². The molecule has 1 aliphatic carbocycles. The topological polar surface area (TPSA) is 66.6 Å². The van der Waals surface area contributed by atoms with Crippen molar-refractivity contribution in [1.29, 1.82) is 0 Å². The molecule has 2 aliphatic rings. The highest BCUT2D eigenvalue weighted by atomic mass is 16.3. The molecule has 1 saturated heterocycles. The van der Waals surface area contributed by atoms with Gasteiger partial charge in [0.2, 0.25) is 5.91 Å². The molecule has 1 aliphatic heterocycles. The van der Waals surface area contributed by atoms with Crippen LogP contribution in [-0.4, -0.2) is 41.1 Å². The zero-order valence-corrected chi connectivity index (χ0v) is 10.6. The van der Waals surface area contributed by atoms with Gasteiger partial charge in [0.1, 0.15) is 0 Å². The fourth-order valence-corrected chi connectivity index (χ4v) is 2.86. The van der Waals surface area contributed by atoms with Gasteiger partial charge in [-0.2, -0.15) is 0 Å². The lowest BCUT2D eigenvalue weighted by Crippen LogP contribution is -2.49. The molecule has 3 unspecified atom stereocenters. The Bertz CT molecular complexity index is 279. The Balaban J connectivity index is 1.86. The molecule has 1 saturated carbocycles. The lowest BCUT2D eigenvalue weighted by atomic mass is 9.88. The second kappa shape index (κ2) is 5.36. The maximum atomic E-state index is 11.7. The van der Waals surface area contributed by atoms with E-state index in [0.717, 1.165) is 32.2 Å². The molecular formula is C13H24N2O2. The number of hydrogen-bond acceptors (Lipinski definition) is 3. The van der Waals surface area contributed by atoms with Gasteiger partial charge in [0.25, 0.3) is 0 Å². The number of carbonyl (C=O) groups excluding carboxylic acids is 1. The SMILES string of the molecule is CCC(=O)N1CC(N)CC(CC(O)C2CC2)C1. The molecule has 0 bridgehead atoms. The van der Waals surface area contributed by atoms with Crippen LogP contribution < -0.4 is 5.73 Å². The Labute approximate surface area is 103 Å². The minimum Gasteiger partial charge on any atom is -0.393 e. The van der Waals surface area contributed by atoms with Crippen LogP contribution >= 0.6 is 0 Å². The van der Waals surface area contributed by atoms with Crippen molar-refractivity contribution in [2.24, 2.45) is 17.6 Å². The molecule has 3 N–H and O–H groups in total. The summed E-state index contributed by atoms with van der Waals surface area (Å²) in [5.74, 6) is 1.08. The van der Waals surface area contributed by atoms with Gasteiger partial charge in [-0.1, -0.05) is 6.92 Å². The molecule has 1 amide bonds. The van der Waals surface area contributed by atoms with Gasteiger partial charge in [0, 0.05) is 25.6 Å². The summed E-state index contributed by atoms with van der Waals surface area (Å²) in [5.41, 5.74) is 6.00. The third-order valence-corrected chi connectivity index (χ3v) is 3.97. The van der Waals surface area contributed by atoms with E-state index in [0.29, 0.717) is 24.8 Å². The number of nitrogens with zero attached hydrogens (tertiary/aromatic N) is 1. The summed E-state index contributed by atoms with van der Waals surface area (Å²) in [6.45, 7) is 3.35. The van der Waals surface area contributed by atoms with Crippen molar-refractivity contribution in [2.75, 3.05) is 13.1 Å². The summed E-state index contributed by atoms with van der Waals surface area (Å²) in [6.07, 6.45) is 4.45. The van der Waals surface area contributed by atoms with Crippen LogP contribution in [0.5, 0.6) is 0 Å². The van der Waals surface area contributed by atoms with Crippen LogP contribution in [0.3, 0.4) is 0 Å². The zero-order valence-electron chi connectivity index (χ0n) is 10.6. The predicted octanol–water partition coefficient (Wildman–Crippen LogP) is 0.733. The first-order valence-corrected chi connectivity index (χ1v) is 6.81. The van der Waals surface area contributed by atoms with Crippen molar-refractivity contribution in [3.05, 3.63) is 0 Å². The Morgan fingerprint density at radius 1 is 1.47 bits per heavy atom. The van der Waals surface area contributed by atoms with Crippen LogP contribution in [0.4, 0.5) is 0 Å². The van der Waals surface area contributed by atoms with Crippen LogP contribution in [0.15, 0.2) is 0 Å². The van der Waals surface area contributed by atoms with Crippen LogP contribution in [0.25, 0.3) is 0 Å². The van der Waals surface area contributed by atoms with E-state index in [4.69, 9.17) is 5.73 Å². The Morgan fingerprint density at radius 3 is 2.76 bits per heavy atom. The molecule has 3 atom stereocenters. The van der Waals surface area contributed by atoms with Crippen molar-refractivity contribution < 1.29 is 9.90 Å². The average molecular weight is 240 g/mol. The van der Waals surface area contributed by atoms with E-state index in [9.17, 15) is 9.90 Å². The Hall–Kier alpha value is -0.610. The van der Waals surface area contributed by atoms with Crippen LogP contribution in [-0.2, 0) is 4.79 Å². The molecule has 4 heteroatoms. The molecule has 0 radical (unpaired) electrons. The first-order chi connectivity index (χ1) is 8.10. The molecule has 2 fully saturated rings. The minimum absolute atomic E-state index is 0.0793. The predicted molar refractivity (Wildman–Crippen MR) is 66.3 cm³/mol. The van der Waals surface area contributed by atoms with E-state index < -0.39 is 0 Å². The third kappa shape index (κ3) is 3.42. The fourth-order valence-electron chi connectivity index (χ4n) is 2.86. The van der Waals surface area contributed by atoms with E-state index in [2.05, 4.69) is 0 Å². The van der Waals surface area contributed by atoms with Gasteiger partial charge >= 0.3 is 0 Å². The average Bonchev–Trinajstić information content (AvgIpc) is 3.10. The van der Waals surface area contributed by atoms with Crippen molar-refractivity contribution in [2.45, 2.75) is 51.2 Å². The van der Waals surface area contributed by atoms with E-state index in [-0.39, 0.29) is 18.1 Å². The molecule has 1 heterocycles. The molecule has 0 aromatic rings. The molecular weight excluding hydrogens is 216 g/mol. The summed E-state index contributed by atoms with van der Waals surface area (Å²) < 4.78 is 0. The molecule has 98 valence electrons. The quantitative estimate of drug-likeness (QED) is 0.761. The van der Waals surface area contributed by atoms with Gasteiger partial charge in [0.15, 0.2) is 0 Å². The van der Waals surface area contributed by atoms with Crippen LogP contribution in [0, 0.1) is 11.8 Å². The normalized spacial score (nSPS) is 31.4. The number of nitrogens with two attached hydrogens (primary N) is 1. The smallest absolute Gasteiger partial charge is 0.222 e. The number of amides is 1. The number of likely N-dealkylation sites (tertiary alicyclic amines) is 1. The van der Waals surface area contributed by atoms with Gasteiger partial charge in [-0.3, -0.25) is 4.79 Å². The number of piperidine rings is 1. The van der Waals surface area contributed by atoms with Crippen molar-refractivity contribution in [3.63, 3.8) is 0 Å². The number of rotatable bonds is 4. The summed E-state index contributed by atoms with van der Waals surface area (Å²) in [5, 5.41) is 9.97. The number of aliphatic hydroxyl groups is 1. The molecule has 4 nitrogen and oxygen atoms in total. The standard InChI is InChI=1S/C13H24N2O2/c1-2-13(17)15-7-9(5-11(14)8-15)6-12(16)10-3-4-10/h9-12,16H,2-8,14H2,1H3. The van der Waals surface area contributed by atoms with Crippen molar-refractivity contribution in [1.82, 2.24) is 4.90 Å². The zero-order chi connectivity index (χ0) is 12.4. The Kier molecular flexibility index (Phi) is 4.05. The lowest BCUT2D eigenvalue weighted by molar-refractivity contribution is -0.133. The molecule has 2 rings (SSSR count). The van der Waals surface area contributed by atoms with E-state index in [1.54, 1.807) is 0 Å². The van der Waals surface area contributed by atoms with Gasteiger partial charge in [0.05, 0.1) is 6.10 Å². The highest BCUT2D eigenvalue weighted by molar-refractivity contribution is 5.76. The first-order valence-electron chi connectivity index (χ1n) is 6.81. The van der Waals surface area contributed by atoms with Gasteiger partial charge in [-0.25, -0.2) is 0 Å². The first kappa shape index (κ1) is 12.8. The molecule has 17 heavy (non-hydrogen) atoms. The highest BCUT2D eigenvalue weighted by Gasteiger charge is 2.34. The second-order valence-corrected chi connectivity index (χ2v) is 5.65. The Morgan fingerprint density at radius 2 is 2.18 bits per heavy atom. The lowest BCUT2D eigenvalue weighted by Gasteiger charge is -2.37. The maximum Gasteiger partial charge on any atom is 0.222 e. The number of aliphatic hydroxyl groups excluding tert-OH is 1. The van der Waals surface area contributed by atoms with Gasteiger partial charge in [-0.15, -0.1) is 0 Å². The van der Waals surface area contributed by atoms with Crippen molar-refractivity contribution >= 4 is 5.91 Å². The maximum absolute atomic E-state index is 11.7. The monoisotopic (exact) mass is 240 g/mol. The largest absolute Gasteiger partial charge is 0.393 e. The van der Waals surface area contributed by atoms with Crippen molar-refractivity contribution in [3.8, 4) is 0 Å². The van der Waals surface area contributed by atoms with Gasteiger partial charge in [-0.05, 0) is 37.5 Å². The van der Waals surface area contributed by atoms with Crippen LogP contribution in [0.2, 0.25) is 0 Å². The summed E-state index contributed by atoms with van der Waals surface area (Å²) in [7, 11) is 0. The van der Waals surface area contributed by atoms with Gasteiger partial charge < -0.3 is 15.7 Å². The third-order valence-electron chi connectivity index (χ3n) is 3.97. The number of carbonyl (C=O) groups is 1. The summed E-state index contributed by atoms with van der Waals surface area (Å²) in [4.78, 5) is 13.6. The van der Waals surface area contributed by atoms with E-state index in [1.807, 2.05) is 11.8 Å². The molecule has 0 aromatic heterocycles. The summed E-state index contributed by atoms with van der Waals surface area (Å²) >= 11 is 0. The molecule has 0 spiro atoms. The molecule has 0 aromatic carbocycles. The van der Waals surface area contributed by atoms with Crippen LogP contribution in [0.1, 0.15) is 39.0 Å². The second-order valence-electron chi connectivity index (χ2n) is 5.65. The highest BCUT2D eigenvalue weighted by Crippen LogP contribution is 2.36. The van der Waals surface area contributed by atoms with E-state index in [1.165, 1.54) is 0 Å². The fraction of sp³-hybridized carbons (Fsp3) is 0.923. The summed E-state index contributed by atoms with van der Waals surface area (Å²) in [6, 6.07) is 0.0793.